The lowest BCUT2D eigenvalue weighted by Crippen LogP contribution is -2.35. The molecule has 1 aromatic rings. The Balaban J connectivity index is 2.55. The van der Waals surface area contributed by atoms with Crippen molar-refractivity contribution in [1.82, 2.24) is 9.88 Å². The molecular weight excluding hydrogens is 224 g/mol. The van der Waals surface area contributed by atoms with E-state index >= 15 is 0 Å². The van der Waals surface area contributed by atoms with Crippen LogP contribution in [0, 0.1) is 0 Å². The SMILES string of the molecule is COC(C)(C)CCn1cccc1CNC(C)(C)C. The van der Waals surface area contributed by atoms with Crippen molar-refractivity contribution in [1.29, 1.82) is 0 Å². The monoisotopic (exact) mass is 252 g/mol. The molecule has 0 radical (unpaired) electrons. The summed E-state index contributed by atoms with van der Waals surface area (Å²) in [7, 11) is 1.78. The largest absolute Gasteiger partial charge is 0.379 e. The smallest absolute Gasteiger partial charge is 0.0639 e. The minimum atomic E-state index is -0.0566. The molecule has 3 nitrogen and oxygen atoms in total. The van der Waals surface area contributed by atoms with Crippen LogP contribution in [-0.2, 0) is 17.8 Å². The molecule has 0 saturated carbocycles. The van der Waals surface area contributed by atoms with Gasteiger partial charge >= 0.3 is 0 Å². The molecule has 3 heteroatoms. The van der Waals surface area contributed by atoms with Gasteiger partial charge < -0.3 is 14.6 Å². The van der Waals surface area contributed by atoms with E-state index < -0.39 is 0 Å². The quantitative estimate of drug-likeness (QED) is 0.841. The van der Waals surface area contributed by atoms with E-state index in [1.807, 2.05) is 0 Å². The Morgan fingerprint density at radius 2 is 1.89 bits per heavy atom. The summed E-state index contributed by atoms with van der Waals surface area (Å²) < 4.78 is 7.77. The molecule has 0 unspecified atom stereocenters. The van der Waals surface area contributed by atoms with E-state index in [4.69, 9.17) is 4.74 Å². The average molecular weight is 252 g/mol. The van der Waals surface area contributed by atoms with Gasteiger partial charge in [-0.3, -0.25) is 0 Å². The van der Waals surface area contributed by atoms with Gasteiger partial charge in [0.1, 0.15) is 0 Å². The highest BCUT2D eigenvalue weighted by Gasteiger charge is 2.16. The molecule has 18 heavy (non-hydrogen) atoms. The third-order valence-corrected chi connectivity index (χ3v) is 3.23. The molecule has 1 N–H and O–H groups in total. The van der Waals surface area contributed by atoms with Crippen LogP contribution in [0.15, 0.2) is 18.3 Å². The first-order chi connectivity index (χ1) is 8.23. The lowest BCUT2D eigenvalue weighted by Gasteiger charge is -2.24. The van der Waals surface area contributed by atoms with Crippen molar-refractivity contribution in [2.75, 3.05) is 7.11 Å². The molecule has 0 atom stereocenters. The van der Waals surface area contributed by atoms with E-state index in [1.54, 1.807) is 7.11 Å². The van der Waals surface area contributed by atoms with Crippen molar-refractivity contribution in [3.63, 3.8) is 0 Å². The highest BCUT2D eigenvalue weighted by atomic mass is 16.5. The molecular formula is C15H28N2O. The minimum Gasteiger partial charge on any atom is -0.379 e. The molecule has 0 aliphatic rings. The van der Waals surface area contributed by atoms with Crippen LogP contribution in [-0.4, -0.2) is 22.8 Å². The molecule has 1 heterocycles. The van der Waals surface area contributed by atoms with Crippen LogP contribution in [0.5, 0.6) is 0 Å². The van der Waals surface area contributed by atoms with Crippen LogP contribution in [0.4, 0.5) is 0 Å². The number of aryl methyl sites for hydroxylation is 1. The van der Waals surface area contributed by atoms with Crippen LogP contribution in [0.25, 0.3) is 0 Å². The van der Waals surface area contributed by atoms with Crippen molar-refractivity contribution >= 4 is 0 Å². The van der Waals surface area contributed by atoms with Crippen molar-refractivity contribution in [3.8, 4) is 0 Å². The summed E-state index contributed by atoms with van der Waals surface area (Å²) in [5.41, 5.74) is 1.43. The second-order valence-corrected chi connectivity index (χ2v) is 6.51. The van der Waals surface area contributed by atoms with Gasteiger partial charge in [-0.05, 0) is 53.2 Å². The van der Waals surface area contributed by atoms with E-state index in [0.717, 1.165) is 19.5 Å². The average Bonchev–Trinajstić information content (AvgIpc) is 2.70. The lowest BCUT2D eigenvalue weighted by atomic mass is 10.1. The maximum Gasteiger partial charge on any atom is 0.0639 e. The first-order valence-corrected chi connectivity index (χ1v) is 6.68. The maximum absolute atomic E-state index is 5.46. The zero-order valence-electron chi connectivity index (χ0n) is 12.7. The van der Waals surface area contributed by atoms with Gasteiger partial charge in [0.25, 0.3) is 0 Å². The lowest BCUT2D eigenvalue weighted by molar-refractivity contribution is 0.0119. The van der Waals surface area contributed by atoms with Gasteiger partial charge in [-0.2, -0.15) is 0 Å². The molecule has 104 valence electrons. The number of hydrogen-bond acceptors (Lipinski definition) is 2. The first kappa shape index (κ1) is 15.3. The van der Waals surface area contributed by atoms with Crippen molar-refractivity contribution < 1.29 is 4.74 Å². The molecule has 0 spiro atoms. The summed E-state index contributed by atoms with van der Waals surface area (Å²) in [6.07, 6.45) is 3.16. The third kappa shape index (κ3) is 5.23. The van der Waals surface area contributed by atoms with E-state index in [2.05, 4.69) is 62.8 Å². The summed E-state index contributed by atoms with van der Waals surface area (Å²) in [5, 5.41) is 3.52. The molecule has 0 fully saturated rings. The van der Waals surface area contributed by atoms with Crippen LogP contribution >= 0.6 is 0 Å². The molecule has 0 bridgehead atoms. The van der Waals surface area contributed by atoms with Gasteiger partial charge in [0.2, 0.25) is 0 Å². The number of hydrogen-bond donors (Lipinski definition) is 1. The summed E-state index contributed by atoms with van der Waals surface area (Å²) in [5.74, 6) is 0. The highest BCUT2D eigenvalue weighted by Crippen LogP contribution is 2.15. The third-order valence-electron chi connectivity index (χ3n) is 3.23. The second kappa shape index (κ2) is 5.89. The molecule has 1 aromatic heterocycles. The topological polar surface area (TPSA) is 26.2 Å². The number of aromatic nitrogens is 1. The standard InChI is InChI=1S/C15H28N2O/c1-14(2,3)16-12-13-8-7-10-17(13)11-9-15(4,5)18-6/h7-8,10,16H,9,11-12H2,1-6H3. The van der Waals surface area contributed by atoms with Crippen LogP contribution in [0.2, 0.25) is 0 Å². The van der Waals surface area contributed by atoms with Crippen molar-refractivity contribution in [3.05, 3.63) is 24.0 Å². The normalized spacial score (nSPS) is 13.0. The molecule has 0 aliphatic heterocycles. The number of methoxy groups -OCH3 is 1. The van der Waals surface area contributed by atoms with E-state index in [-0.39, 0.29) is 11.1 Å². The van der Waals surface area contributed by atoms with Crippen LogP contribution in [0.3, 0.4) is 0 Å². The molecule has 0 aliphatic carbocycles. The van der Waals surface area contributed by atoms with Crippen LogP contribution in [0.1, 0.15) is 46.7 Å². The summed E-state index contributed by atoms with van der Waals surface area (Å²) in [6, 6.07) is 4.29. The van der Waals surface area contributed by atoms with Gasteiger partial charge in [0.05, 0.1) is 5.60 Å². The first-order valence-electron chi connectivity index (χ1n) is 6.68. The van der Waals surface area contributed by atoms with Gasteiger partial charge in [-0.25, -0.2) is 0 Å². The fourth-order valence-electron chi connectivity index (χ4n) is 1.68. The summed E-state index contributed by atoms with van der Waals surface area (Å²) in [4.78, 5) is 0. The highest BCUT2D eigenvalue weighted by molar-refractivity contribution is 5.07. The molecule has 0 aromatic carbocycles. The van der Waals surface area contributed by atoms with E-state index in [9.17, 15) is 0 Å². The molecule has 1 rings (SSSR count). The Hall–Kier alpha value is -0.800. The molecule has 0 amide bonds. The minimum absolute atomic E-state index is 0.0566. The summed E-state index contributed by atoms with van der Waals surface area (Å²) >= 11 is 0. The Bertz CT molecular complexity index is 361. The van der Waals surface area contributed by atoms with Crippen molar-refractivity contribution in [2.45, 2.75) is 65.3 Å². The predicted octanol–water partition coefficient (Wildman–Crippen LogP) is 3.19. The zero-order chi connectivity index (χ0) is 13.8. The maximum atomic E-state index is 5.46. The summed E-state index contributed by atoms with van der Waals surface area (Å²) in [6.45, 7) is 12.7. The number of nitrogens with zero attached hydrogens (tertiary/aromatic N) is 1. The Labute approximate surface area is 112 Å². The Morgan fingerprint density at radius 3 is 2.44 bits per heavy atom. The van der Waals surface area contributed by atoms with E-state index in [0.29, 0.717) is 0 Å². The second-order valence-electron chi connectivity index (χ2n) is 6.51. The predicted molar refractivity (Wildman–Crippen MR) is 76.7 cm³/mol. The van der Waals surface area contributed by atoms with Gasteiger partial charge in [0.15, 0.2) is 0 Å². The van der Waals surface area contributed by atoms with Crippen molar-refractivity contribution in [2.24, 2.45) is 0 Å². The van der Waals surface area contributed by atoms with Gasteiger partial charge in [0, 0.05) is 37.6 Å². The van der Waals surface area contributed by atoms with Gasteiger partial charge in [-0.1, -0.05) is 0 Å². The zero-order valence-corrected chi connectivity index (χ0v) is 12.7. The van der Waals surface area contributed by atoms with Gasteiger partial charge in [-0.15, -0.1) is 0 Å². The number of ether oxygens (including phenoxy) is 1. The fraction of sp³-hybridized carbons (Fsp3) is 0.733. The number of nitrogens with one attached hydrogen (secondary N) is 1. The Kier molecular flexibility index (Phi) is 5.00. The van der Waals surface area contributed by atoms with E-state index in [1.165, 1.54) is 5.69 Å². The van der Waals surface area contributed by atoms with Crippen LogP contribution < -0.4 is 5.32 Å². The number of rotatable bonds is 6. The molecule has 0 saturated heterocycles. The fourth-order valence-corrected chi connectivity index (χ4v) is 1.68. The Morgan fingerprint density at radius 1 is 1.22 bits per heavy atom.